The molecule has 3 N–H and O–H groups in total. The Bertz CT molecular complexity index is 882. The van der Waals surface area contributed by atoms with Gasteiger partial charge in [-0.1, -0.05) is 18.2 Å². The van der Waals surface area contributed by atoms with Gasteiger partial charge in [0, 0.05) is 31.2 Å². The van der Waals surface area contributed by atoms with Crippen molar-refractivity contribution >= 4 is 11.7 Å². The van der Waals surface area contributed by atoms with Crippen LogP contribution in [0.1, 0.15) is 18.4 Å². The number of fused-ring (bicyclic) bond motifs is 2. The largest absolute Gasteiger partial charge is 0.493 e. The highest BCUT2D eigenvalue weighted by Gasteiger charge is 2.42. The van der Waals surface area contributed by atoms with Crippen LogP contribution in [-0.2, 0) is 6.42 Å². The van der Waals surface area contributed by atoms with Crippen LogP contribution in [-0.4, -0.2) is 36.7 Å². The predicted molar refractivity (Wildman–Crippen MR) is 106 cm³/mol. The molecule has 3 unspecified atom stereocenters. The van der Waals surface area contributed by atoms with Crippen molar-refractivity contribution in [3.63, 3.8) is 0 Å². The molecule has 0 bridgehead atoms. The number of urea groups is 1. The van der Waals surface area contributed by atoms with Gasteiger partial charge >= 0.3 is 6.03 Å². The molecule has 140 valence electrons. The number of anilines is 1. The van der Waals surface area contributed by atoms with Gasteiger partial charge in [-0.15, -0.1) is 0 Å². The van der Waals surface area contributed by atoms with Crippen molar-refractivity contribution in [2.75, 3.05) is 25.0 Å². The fourth-order valence-corrected chi connectivity index (χ4v) is 4.82. The summed E-state index contributed by atoms with van der Waals surface area (Å²) in [7, 11) is 0. The van der Waals surface area contributed by atoms with E-state index in [-0.39, 0.29) is 12.1 Å². The molecule has 1 aliphatic carbocycles. The Morgan fingerprint density at radius 3 is 2.89 bits per heavy atom. The first kappa shape index (κ1) is 16.6. The zero-order valence-electron chi connectivity index (χ0n) is 15.4. The predicted octanol–water partition coefficient (Wildman–Crippen LogP) is 3.49. The number of hydrogen-bond acceptors (Lipinski definition) is 3. The Hall–Kier alpha value is -2.53. The highest BCUT2D eigenvalue weighted by molar-refractivity contribution is 5.90. The first-order chi connectivity index (χ1) is 13.2. The van der Waals surface area contributed by atoms with Crippen molar-refractivity contribution in [3.8, 4) is 16.9 Å². The van der Waals surface area contributed by atoms with Crippen molar-refractivity contribution in [3.05, 3.63) is 48.0 Å². The van der Waals surface area contributed by atoms with Crippen LogP contribution in [0.2, 0.25) is 0 Å². The lowest BCUT2D eigenvalue weighted by atomic mass is 9.98. The summed E-state index contributed by atoms with van der Waals surface area (Å²) in [5, 5.41) is 3.07. The van der Waals surface area contributed by atoms with Crippen molar-refractivity contribution in [1.82, 2.24) is 4.90 Å². The first-order valence-corrected chi connectivity index (χ1v) is 9.85. The Labute approximate surface area is 159 Å². The number of hydrogen-bond donors (Lipinski definition) is 2. The van der Waals surface area contributed by atoms with Crippen molar-refractivity contribution in [2.24, 2.45) is 17.6 Å². The Balaban J connectivity index is 1.30. The van der Waals surface area contributed by atoms with E-state index in [1.807, 2.05) is 29.2 Å². The lowest BCUT2D eigenvalue weighted by Gasteiger charge is -2.19. The minimum atomic E-state index is -0.0175. The molecule has 5 heteroatoms. The zero-order valence-corrected chi connectivity index (χ0v) is 15.4. The molecule has 3 aliphatic rings. The molecule has 2 aromatic rings. The van der Waals surface area contributed by atoms with Gasteiger partial charge in [0.05, 0.1) is 6.61 Å². The average Bonchev–Trinajstić information content (AvgIpc) is 3.39. The maximum absolute atomic E-state index is 12.7. The van der Waals surface area contributed by atoms with Crippen molar-refractivity contribution in [1.29, 1.82) is 0 Å². The second-order valence-corrected chi connectivity index (χ2v) is 8.00. The van der Waals surface area contributed by atoms with Crippen LogP contribution in [0.25, 0.3) is 11.1 Å². The van der Waals surface area contributed by atoms with Crippen LogP contribution in [0.4, 0.5) is 10.5 Å². The fourth-order valence-electron chi connectivity index (χ4n) is 4.82. The summed E-state index contributed by atoms with van der Waals surface area (Å²) in [5.41, 5.74) is 10.5. The van der Waals surface area contributed by atoms with Crippen molar-refractivity contribution < 1.29 is 9.53 Å². The molecule has 1 saturated carbocycles. The summed E-state index contributed by atoms with van der Waals surface area (Å²) in [6.45, 7) is 2.37. The Kier molecular flexibility index (Phi) is 4.05. The summed E-state index contributed by atoms with van der Waals surface area (Å²) in [6, 6.07) is 14.6. The van der Waals surface area contributed by atoms with Crippen LogP contribution in [0, 0.1) is 11.8 Å². The number of amides is 2. The van der Waals surface area contributed by atoms with Gasteiger partial charge < -0.3 is 20.7 Å². The summed E-state index contributed by atoms with van der Waals surface area (Å²) >= 11 is 0. The molecular weight excluding hydrogens is 338 g/mol. The molecule has 0 aromatic heterocycles. The van der Waals surface area contributed by atoms with Crippen LogP contribution >= 0.6 is 0 Å². The number of rotatable bonds is 2. The van der Waals surface area contributed by atoms with E-state index in [1.54, 1.807) is 0 Å². The van der Waals surface area contributed by atoms with E-state index in [0.717, 1.165) is 61.5 Å². The topological polar surface area (TPSA) is 67.6 Å². The molecule has 2 aliphatic heterocycles. The van der Waals surface area contributed by atoms with E-state index in [2.05, 4.69) is 23.5 Å². The highest BCUT2D eigenvalue weighted by atomic mass is 16.5. The molecule has 0 spiro atoms. The molecule has 2 amide bonds. The summed E-state index contributed by atoms with van der Waals surface area (Å²) in [5.74, 6) is 2.03. The number of carbonyl (C=O) groups excluding carboxylic acids is 1. The molecule has 3 atom stereocenters. The van der Waals surface area contributed by atoms with Gasteiger partial charge in [0.15, 0.2) is 0 Å². The van der Waals surface area contributed by atoms with E-state index < -0.39 is 0 Å². The Morgan fingerprint density at radius 1 is 1.11 bits per heavy atom. The van der Waals surface area contributed by atoms with E-state index in [1.165, 1.54) is 5.56 Å². The van der Waals surface area contributed by atoms with Crippen LogP contribution in [0.5, 0.6) is 5.75 Å². The van der Waals surface area contributed by atoms with Crippen molar-refractivity contribution in [2.45, 2.75) is 25.3 Å². The molecule has 0 radical (unpaired) electrons. The van der Waals surface area contributed by atoms with Gasteiger partial charge in [0.1, 0.15) is 5.75 Å². The van der Waals surface area contributed by atoms with E-state index >= 15 is 0 Å². The molecule has 2 fully saturated rings. The highest BCUT2D eigenvalue weighted by Crippen LogP contribution is 2.37. The average molecular weight is 363 g/mol. The first-order valence-electron chi connectivity index (χ1n) is 9.85. The second-order valence-electron chi connectivity index (χ2n) is 8.00. The molecule has 27 heavy (non-hydrogen) atoms. The number of nitrogens with two attached hydrogens (primary N) is 1. The van der Waals surface area contributed by atoms with Gasteiger partial charge in [0.25, 0.3) is 0 Å². The van der Waals surface area contributed by atoms with Gasteiger partial charge in [-0.2, -0.15) is 0 Å². The molecular formula is C22H25N3O2. The SMILES string of the molecule is NC1CCC2CN(C(=O)Nc3cccc(-c4ccc5c(c4)CCO5)c3)CC12. The number of carbonyl (C=O) groups is 1. The van der Waals surface area contributed by atoms with Gasteiger partial charge in [0.2, 0.25) is 0 Å². The number of likely N-dealkylation sites (tertiary alicyclic amines) is 1. The van der Waals surface area contributed by atoms with E-state index in [0.29, 0.717) is 11.8 Å². The minimum absolute atomic E-state index is 0.0175. The monoisotopic (exact) mass is 363 g/mol. The number of nitrogens with one attached hydrogen (secondary N) is 1. The summed E-state index contributed by atoms with van der Waals surface area (Å²) in [6.07, 6.45) is 3.20. The fraction of sp³-hybridized carbons (Fsp3) is 0.409. The third-order valence-corrected chi connectivity index (χ3v) is 6.34. The van der Waals surface area contributed by atoms with E-state index in [9.17, 15) is 4.79 Å². The van der Waals surface area contributed by atoms with Gasteiger partial charge in [-0.05, 0) is 65.6 Å². The summed E-state index contributed by atoms with van der Waals surface area (Å²) < 4.78 is 5.59. The number of ether oxygens (including phenoxy) is 1. The maximum Gasteiger partial charge on any atom is 0.321 e. The maximum atomic E-state index is 12.7. The van der Waals surface area contributed by atoms with Crippen LogP contribution in [0.15, 0.2) is 42.5 Å². The summed E-state index contributed by atoms with van der Waals surface area (Å²) in [4.78, 5) is 14.6. The standard InChI is InChI=1S/C22H25N3O2/c23-20-6-4-17-12-25(13-19(17)20)22(26)24-18-3-1-2-14(11-18)15-5-7-21-16(10-15)8-9-27-21/h1-3,5,7,10-11,17,19-20H,4,6,8-9,12-13,23H2,(H,24,26). The Morgan fingerprint density at radius 2 is 2.00 bits per heavy atom. The smallest absolute Gasteiger partial charge is 0.321 e. The third-order valence-electron chi connectivity index (χ3n) is 6.34. The van der Waals surface area contributed by atoms with Crippen LogP contribution < -0.4 is 15.8 Å². The molecule has 5 rings (SSSR count). The zero-order chi connectivity index (χ0) is 18.4. The second kappa shape index (κ2) is 6.57. The lowest BCUT2D eigenvalue weighted by Crippen LogP contribution is -2.36. The lowest BCUT2D eigenvalue weighted by molar-refractivity contribution is 0.218. The minimum Gasteiger partial charge on any atom is -0.493 e. The van der Waals surface area contributed by atoms with Gasteiger partial charge in [-0.3, -0.25) is 0 Å². The molecule has 2 heterocycles. The van der Waals surface area contributed by atoms with E-state index in [4.69, 9.17) is 10.5 Å². The normalized spacial score (nSPS) is 25.8. The van der Waals surface area contributed by atoms with Crippen LogP contribution in [0.3, 0.4) is 0 Å². The number of benzene rings is 2. The number of nitrogens with zero attached hydrogens (tertiary/aromatic N) is 1. The molecule has 1 saturated heterocycles. The van der Waals surface area contributed by atoms with Gasteiger partial charge in [-0.25, -0.2) is 4.79 Å². The third kappa shape index (κ3) is 3.06. The molecule has 2 aromatic carbocycles. The molecule has 5 nitrogen and oxygen atoms in total. The quantitative estimate of drug-likeness (QED) is 0.858.